The summed E-state index contributed by atoms with van der Waals surface area (Å²) in [6, 6.07) is 8.67. The number of benzene rings is 1. The zero-order valence-electron chi connectivity index (χ0n) is 13.6. The standard InChI is InChI=1S/C18H19NO4S/c1-12(20)15-5-3-4-6-16(15)19-18(22)13(2)23-17(21)8-7-14-9-10-24-11-14/h3-6,9-11,13H,7-8H2,1-2H3,(H,19,22). The van der Waals surface area contributed by atoms with Crippen LogP contribution in [0.2, 0.25) is 0 Å². The molecule has 5 nitrogen and oxygen atoms in total. The van der Waals surface area contributed by atoms with Crippen molar-refractivity contribution in [2.75, 3.05) is 5.32 Å². The molecule has 1 atom stereocenters. The third-order valence-corrected chi connectivity index (χ3v) is 4.17. The van der Waals surface area contributed by atoms with Crippen molar-refractivity contribution in [2.24, 2.45) is 0 Å². The Bertz CT molecular complexity index is 724. The number of ether oxygens (including phenoxy) is 1. The number of hydrogen-bond acceptors (Lipinski definition) is 5. The lowest BCUT2D eigenvalue weighted by Crippen LogP contribution is -2.30. The summed E-state index contributed by atoms with van der Waals surface area (Å²) in [7, 11) is 0. The van der Waals surface area contributed by atoms with Gasteiger partial charge < -0.3 is 10.1 Å². The van der Waals surface area contributed by atoms with Crippen molar-refractivity contribution in [1.29, 1.82) is 0 Å². The quantitative estimate of drug-likeness (QED) is 0.616. The lowest BCUT2D eigenvalue weighted by molar-refractivity contribution is -0.153. The van der Waals surface area contributed by atoms with Crippen molar-refractivity contribution in [3.05, 3.63) is 52.2 Å². The van der Waals surface area contributed by atoms with Crippen molar-refractivity contribution in [1.82, 2.24) is 0 Å². The summed E-state index contributed by atoms with van der Waals surface area (Å²) in [6.45, 7) is 2.94. The molecule has 0 bridgehead atoms. The molecule has 2 rings (SSSR count). The van der Waals surface area contributed by atoms with Gasteiger partial charge >= 0.3 is 5.97 Å². The maximum Gasteiger partial charge on any atom is 0.306 e. The zero-order valence-corrected chi connectivity index (χ0v) is 14.4. The molecule has 6 heteroatoms. The van der Waals surface area contributed by atoms with E-state index in [1.807, 2.05) is 16.8 Å². The van der Waals surface area contributed by atoms with Crippen molar-refractivity contribution in [3.63, 3.8) is 0 Å². The van der Waals surface area contributed by atoms with Gasteiger partial charge in [-0.3, -0.25) is 14.4 Å². The molecular weight excluding hydrogens is 326 g/mol. The summed E-state index contributed by atoms with van der Waals surface area (Å²) < 4.78 is 5.15. The molecule has 1 N–H and O–H groups in total. The van der Waals surface area contributed by atoms with E-state index in [-0.39, 0.29) is 12.2 Å². The van der Waals surface area contributed by atoms with Crippen LogP contribution >= 0.6 is 11.3 Å². The third-order valence-electron chi connectivity index (χ3n) is 3.44. The minimum atomic E-state index is -0.931. The van der Waals surface area contributed by atoms with E-state index in [0.29, 0.717) is 17.7 Å². The third kappa shape index (κ3) is 5.03. The van der Waals surface area contributed by atoms with Crippen LogP contribution in [0.1, 0.15) is 36.2 Å². The van der Waals surface area contributed by atoms with Crippen LogP contribution < -0.4 is 5.32 Å². The average Bonchev–Trinajstić information content (AvgIpc) is 3.06. The van der Waals surface area contributed by atoms with E-state index in [9.17, 15) is 14.4 Å². The van der Waals surface area contributed by atoms with E-state index < -0.39 is 18.0 Å². The van der Waals surface area contributed by atoms with Gasteiger partial charge in [-0.1, -0.05) is 12.1 Å². The Hall–Kier alpha value is -2.47. The van der Waals surface area contributed by atoms with Gasteiger partial charge in [-0.15, -0.1) is 0 Å². The van der Waals surface area contributed by atoms with Crippen LogP contribution in [0.15, 0.2) is 41.1 Å². The first-order valence-corrected chi connectivity index (χ1v) is 8.53. The van der Waals surface area contributed by atoms with Gasteiger partial charge in [0.1, 0.15) is 0 Å². The molecule has 1 heterocycles. The second-order valence-corrected chi connectivity index (χ2v) is 6.13. The van der Waals surface area contributed by atoms with Crippen molar-refractivity contribution in [2.45, 2.75) is 32.8 Å². The predicted molar refractivity (Wildman–Crippen MR) is 93.3 cm³/mol. The number of esters is 1. The lowest BCUT2D eigenvalue weighted by atomic mass is 10.1. The first kappa shape index (κ1) is 17.9. The van der Waals surface area contributed by atoms with Gasteiger partial charge in [0.2, 0.25) is 0 Å². The van der Waals surface area contributed by atoms with Gasteiger partial charge in [0.25, 0.3) is 5.91 Å². The van der Waals surface area contributed by atoms with E-state index in [0.717, 1.165) is 5.56 Å². The molecule has 1 unspecified atom stereocenters. The predicted octanol–water partition coefficient (Wildman–Crippen LogP) is 3.45. The molecule has 126 valence electrons. The van der Waals surface area contributed by atoms with Gasteiger partial charge in [-0.2, -0.15) is 11.3 Å². The number of amides is 1. The number of thiophene rings is 1. The molecule has 1 amide bonds. The number of rotatable bonds is 7. The van der Waals surface area contributed by atoms with Crippen LogP contribution in [0.3, 0.4) is 0 Å². The molecular formula is C18H19NO4S. The molecule has 0 fully saturated rings. The molecule has 0 aliphatic heterocycles. The normalized spacial score (nSPS) is 11.6. The minimum absolute atomic E-state index is 0.147. The van der Waals surface area contributed by atoms with Gasteiger partial charge in [0.05, 0.1) is 5.69 Å². The average molecular weight is 345 g/mol. The van der Waals surface area contributed by atoms with Gasteiger partial charge in [0, 0.05) is 12.0 Å². The lowest BCUT2D eigenvalue weighted by Gasteiger charge is -2.15. The Balaban J connectivity index is 1.88. The van der Waals surface area contributed by atoms with Crippen molar-refractivity contribution < 1.29 is 19.1 Å². The van der Waals surface area contributed by atoms with Crippen LogP contribution in [0.4, 0.5) is 5.69 Å². The topological polar surface area (TPSA) is 72.5 Å². The highest BCUT2D eigenvalue weighted by molar-refractivity contribution is 7.07. The number of hydrogen-bond donors (Lipinski definition) is 1. The zero-order chi connectivity index (χ0) is 17.5. The molecule has 2 aromatic rings. The highest BCUT2D eigenvalue weighted by Gasteiger charge is 2.19. The molecule has 0 saturated heterocycles. The summed E-state index contributed by atoms with van der Waals surface area (Å²) in [5, 5.41) is 6.55. The molecule has 24 heavy (non-hydrogen) atoms. The number of carbonyl (C=O) groups is 3. The second-order valence-electron chi connectivity index (χ2n) is 5.35. The van der Waals surface area contributed by atoms with E-state index in [4.69, 9.17) is 4.74 Å². The largest absolute Gasteiger partial charge is 0.453 e. The van der Waals surface area contributed by atoms with Crippen LogP contribution in [0, 0.1) is 0 Å². The van der Waals surface area contributed by atoms with Crippen molar-refractivity contribution >= 4 is 34.7 Å². The Labute approximate surface area is 144 Å². The van der Waals surface area contributed by atoms with Gasteiger partial charge in [-0.05, 0) is 54.8 Å². The molecule has 1 aromatic heterocycles. The molecule has 1 aromatic carbocycles. The highest BCUT2D eigenvalue weighted by Crippen LogP contribution is 2.16. The van der Waals surface area contributed by atoms with Gasteiger partial charge in [-0.25, -0.2) is 0 Å². The molecule has 0 aliphatic rings. The number of aryl methyl sites for hydroxylation is 1. The smallest absolute Gasteiger partial charge is 0.306 e. The summed E-state index contributed by atoms with van der Waals surface area (Å²) in [5.41, 5.74) is 1.91. The van der Waals surface area contributed by atoms with Crippen LogP contribution in [0.25, 0.3) is 0 Å². The SMILES string of the molecule is CC(=O)c1ccccc1NC(=O)C(C)OC(=O)CCc1ccsc1. The summed E-state index contributed by atoms with van der Waals surface area (Å²) in [5.74, 6) is -1.04. The number of para-hydroxylation sites is 1. The fraction of sp³-hybridized carbons (Fsp3) is 0.278. The van der Waals surface area contributed by atoms with Crippen LogP contribution in [0.5, 0.6) is 0 Å². The first-order chi connectivity index (χ1) is 11.5. The molecule has 0 spiro atoms. The number of anilines is 1. The fourth-order valence-corrected chi connectivity index (χ4v) is 2.83. The van der Waals surface area contributed by atoms with E-state index in [1.165, 1.54) is 13.8 Å². The van der Waals surface area contributed by atoms with E-state index in [2.05, 4.69) is 5.32 Å². The molecule has 0 aliphatic carbocycles. The number of ketones is 1. The Morgan fingerprint density at radius 1 is 1.21 bits per heavy atom. The van der Waals surface area contributed by atoms with Crippen molar-refractivity contribution in [3.8, 4) is 0 Å². The monoisotopic (exact) mass is 345 g/mol. The number of nitrogens with one attached hydrogen (secondary N) is 1. The Morgan fingerprint density at radius 3 is 2.62 bits per heavy atom. The highest BCUT2D eigenvalue weighted by atomic mass is 32.1. The summed E-state index contributed by atoms with van der Waals surface area (Å²) >= 11 is 1.57. The maximum absolute atomic E-state index is 12.2. The minimum Gasteiger partial charge on any atom is -0.453 e. The van der Waals surface area contributed by atoms with Gasteiger partial charge in [0.15, 0.2) is 11.9 Å². The first-order valence-electron chi connectivity index (χ1n) is 7.58. The molecule has 0 saturated carbocycles. The second kappa shape index (κ2) is 8.40. The maximum atomic E-state index is 12.2. The molecule has 0 radical (unpaired) electrons. The summed E-state index contributed by atoms with van der Waals surface area (Å²) in [6.07, 6.45) is -0.123. The number of Topliss-reactive ketones (excluding diaryl/α,β-unsaturated/α-hetero) is 1. The Kier molecular flexibility index (Phi) is 6.26. The number of carbonyl (C=O) groups excluding carboxylic acids is 3. The van der Waals surface area contributed by atoms with Crippen LogP contribution in [-0.2, 0) is 20.7 Å². The Morgan fingerprint density at radius 2 is 1.96 bits per heavy atom. The fourth-order valence-electron chi connectivity index (χ4n) is 2.12. The van der Waals surface area contributed by atoms with E-state index in [1.54, 1.807) is 35.6 Å². The van der Waals surface area contributed by atoms with E-state index >= 15 is 0 Å². The van der Waals surface area contributed by atoms with Crippen LogP contribution in [-0.4, -0.2) is 23.8 Å². The summed E-state index contributed by atoms with van der Waals surface area (Å²) in [4.78, 5) is 35.5.